The Kier molecular flexibility index (Phi) is 4.39. The summed E-state index contributed by atoms with van der Waals surface area (Å²) in [4.78, 5) is 13.6. The van der Waals surface area contributed by atoms with E-state index in [9.17, 15) is 22.4 Å². The molecule has 3 nitrogen and oxygen atoms in total. The smallest absolute Gasteiger partial charge is 0.403 e. The SMILES string of the molecule is CC1CCN(C(=O)c2cccc(OC(F)(F)F)c2F)CC1. The number of hydrogen-bond acceptors (Lipinski definition) is 2. The van der Waals surface area contributed by atoms with Crippen LogP contribution in [0.5, 0.6) is 5.75 Å². The lowest BCUT2D eigenvalue weighted by Crippen LogP contribution is -2.38. The number of rotatable bonds is 2. The average molecular weight is 305 g/mol. The lowest BCUT2D eigenvalue weighted by atomic mass is 9.98. The molecule has 0 N–H and O–H groups in total. The fourth-order valence-corrected chi connectivity index (χ4v) is 2.26. The van der Waals surface area contributed by atoms with Crippen molar-refractivity contribution in [2.45, 2.75) is 26.1 Å². The van der Waals surface area contributed by atoms with Crippen LogP contribution in [0.3, 0.4) is 0 Å². The number of carbonyl (C=O) groups is 1. The summed E-state index contributed by atoms with van der Waals surface area (Å²) >= 11 is 0. The molecular weight excluding hydrogens is 290 g/mol. The summed E-state index contributed by atoms with van der Waals surface area (Å²) in [5.74, 6) is -2.39. The average Bonchev–Trinajstić information content (AvgIpc) is 2.40. The van der Waals surface area contributed by atoms with Crippen LogP contribution in [-0.2, 0) is 0 Å². The molecule has 0 unspecified atom stereocenters. The Morgan fingerprint density at radius 1 is 1.29 bits per heavy atom. The molecule has 21 heavy (non-hydrogen) atoms. The van der Waals surface area contributed by atoms with Gasteiger partial charge in [0, 0.05) is 13.1 Å². The van der Waals surface area contributed by atoms with Gasteiger partial charge in [-0.1, -0.05) is 13.0 Å². The lowest BCUT2D eigenvalue weighted by Gasteiger charge is -2.30. The minimum absolute atomic E-state index is 0.397. The molecule has 1 amide bonds. The molecule has 1 heterocycles. The Hall–Kier alpha value is -1.79. The molecule has 1 aromatic carbocycles. The Bertz CT molecular complexity index is 522. The quantitative estimate of drug-likeness (QED) is 0.781. The van der Waals surface area contributed by atoms with Crippen molar-refractivity contribution in [3.05, 3.63) is 29.6 Å². The molecule has 1 aromatic rings. The summed E-state index contributed by atoms with van der Waals surface area (Å²) in [5, 5.41) is 0. The number of nitrogens with zero attached hydrogens (tertiary/aromatic N) is 1. The first kappa shape index (κ1) is 15.6. The van der Waals surface area contributed by atoms with Gasteiger partial charge in [0.2, 0.25) is 0 Å². The maximum Gasteiger partial charge on any atom is 0.573 e. The Morgan fingerprint density at radius 2 is 1.90 bits per heavy atom. The van der Waals surface area contributed by atoms with Crippen LogP contribution < -0.4 is 4.74 Å². The number of piperidine rings is 1. The van der Waals surface area contributed by atoms with Crippen LogP contribution in [0.2, 0.25) is 0 Å². The molecule has 2 rings (SSSR count). The highest BCUT2D eigenvalue weighted by atomic mass is 19.4. The van der Waals surface area contributed by atoms with Gasteiger partial charge < -0.3 is 9.64 Å². The van der Waals surface area contributed by atoms with Crippen LogP contribution in [0.25, 0.3) is 0 Å². The highest BCUT2D eigenvalue weighted by Crippen LogP contribution is 2.28. The van der Waals surface area contributed by atoms with E-state index in [0.29, 0.717) is 19.0 Å². The molecule has 0 spiro atoms. The molecule has 0 radical (unpaired) electrons. The number of alkyl halides is 3. The van der Waals surface area contributed by atoms with E-state index in [-0.39, 0.29) is 0 Å². The van der Waals surface area contributed by atoms with E-state index in [1.807, 2.05) is 0 Å². The molecule has 0 saturated carbocycles. The topological polar surface area (TPSA) is 29.5 Å². The van der Waals surface area contributed by atoms with Crippen molar-refractivity contribution in [3.8, 4) is 5.75 Å². The second-order valence-corrected chi connectivity index (χ2v) is 5.14. The second kappa shape index (κ2) is 5.91. The fourth-order valence-electron chi connectivity index (χ4n) is 2.26. The van der Waals surface area contributed by atoms with Crippen molar-refractivity contribution in [1.82, 2.24) is 4.90 Å². The predicted octanol–water partition coefficient (Wildman–Crippen LogP) is 3.60. The van der Waals surface area contributed by atoms with Crippen LogP contribution in [-0.4, -0.2) is 30.3 Å². The van der Waals surface area contributed by atoms with Crippen LogP contribution >= 0.6 is 0 Å². The van der Waals surface area contributed by atoms with Gasteiger partial charge in [-0.2, -0.15) is 0 Å². The zero-order valence-electron chi connectivity index (χ0n) is 11.4. The molecular formula is C14H15F4NO2. The summed E-state index contributed by atoms with van der Waals surface area (Å²) in [6.07, 6.45) is -3.40. The van der Waals surface area contributed by atoms with Gasteiger partial charge in [-0.15, -0.1) is 13.2 Å². The number of ether oxygens (including phenoxy) is 1. The van der Waals surface area contributed by atoms with Gasteiger partial charge in [0.15, 0.2) is 11.6 Å². The van der Waals surface area contributed by atoms with Crippen LogP contribution in [0.4, 0.5) is 17.6 Å². The van der Waals surface area contributed by atoms with Gasteiger partial charge in [-0.05, 0) is 30.9 Å². The Balaban J connectivity index is 2.20. The van der Waals surface area contributed by atoms with Crippen molar-refractivity contribution in [2.24, 2.45) is 5.92 Å². The van der Waals surface area contributed by atoms with Crippen LogP contribution in [0.15, 0.2) is 18.2 Å². The lowest BCUT2D eigenvalue weighted by molar-refractivity contribution is -0.275. The minimum Gasteiger partial charge on any atom is -0.403 e. The molecule has 0 bridgehead atoms. The van der Waals surface area contributed by atoms with E-state index < -0.39 is 29.4 Å². The zero-order chi connectivity index (χ0) is 15.6. The second-order valence-electron chi connectivity index (χ2n) is 5.14. The highest BCUT2D eigenvalue weighted by molar-refractivity contribution is 5.95. The summed E-state index contributed by atoms with van der Waals surface area (Å²) in [5.41, 5.74) is -0.397. The first-order chi connectivity index (χ1) is 9.78. The van der Waals surface area contributed by atoms with E-state index in [4.69, 9.17) is 0 Å². The van der Waals surface area contributed by atoms with E-state index >= 15 is 0 Å². The molecule has 116 valence electrons. The summed E-state index contributed by atoms with van der Waals surface area (Å²) in [7, 11) is 0. The Labute approximate surface area is 119 Å². The third-order valence-corrected chi connectivity index (χ3v) is 3.49. The van der Waals surface area contributed by atoms with Crippen LogP contribution in [0.1, 0.15) is 30.1 Å². The molecule has 7 heteroatoms. The zero-order valence-corrected chi connectivity index (χ0v) is 11.4. The predicted molar refractivity (Wildman–Crippen MR) is 67.4 cm³/mol. The monoisotopic (exact) mass is 305 g/mol. The fraction of sp³-hybridized carbons (Fsp3) is 0.500. The summed E-state index contributed by atoms with van der Waals surface area (Å²) in [6.45, 7) is 3.01. The number of benzene rings is 1. The third-order valence-electron chi connectivity index (χ3n) is 3.49. The Morgan fingerprint density at radius 3 is 2.48 bits per heavy atom. The molecule has 0 aliphatic carbocycles. The molecule has 0 aromatic heterocycles. The standard InChI is InChI=1S/C14H15F4NO2/c1-9-5-7-19(8-6-9)13(20)10-3-2-4-11(12(10)15)21-14(16,17)18/h2-4,9H,5-8H2,1H3. The number of likely N-dealkylation sites (tertiary alicyclic amines) is 1. The van der Waals surface area contributed by atoms with E-state index in [1.165, 1.54) is 17.0 Å². The van der Waals surface area contributed by atoms with Crippen molar-refractivity contribution in [2.75, 3.05) is 13.1 Å². The van der Waals surface area contributed by atoms with Gasteiger partial charge in [0.05, 0.1) is 5.56 Å². The molecule has 1 aliphatic heterocycles. The van der Waals surface area contributed by atoms with Crippen molar-refractivity contribution in [3.63, 3.8) is 0 Å². The third kappa shape index (κ3) is 3.86. The molecule has 1 saturated heterocycles. The number of carbonyl (C=O) groups excluding carboxylic acids is 1. The first-order valence-corrected chi connectivity index (χ1v) is 6.61. The van der Waals surface area contributed by atoms with Gasteiger partial charge in [-0.3, -0.25) is 4.79 Å². The highest BCUT2D eigenvalue weighted by Gasteiger charge is 2.33. The molecule has 0 atom stereocenters. The molecule has 1 aliphatic rings. The maximum absolute atomic E-state index is 14.0. The van der Waals surface area contributed by atoms with Gasteiger partial charge in [0.1, 0.15) is 0 Å². The summed E-state index contributed by atoms with van der Waals surface area (Å²) < 4.78 is 54.1. The van der Waals surface area contributed by atoms with E-state index in [0.717, 1.165) is 18.9 Å². The van der Waals surface area contributed by atoms with Crippen molar-refractivity contribution >= 4 is 5.91 Å². The largest absolute Gasteiger partial charge is 0.573 e. The van der Waals surface area contributed by atoms with E-state index in [2.05, 4.69) is 11.7 Å². The summed E-state index contributed by atoms with van der Waals surface area (Å²) in [6, 6.07) is 3.18. The minimum atomic E-state index is -5.00. The number of halogens is 4. The van der Waals surface area contributed by atoms with Gasteiger partial charge in [0.25, 0.3) is 5.91 Å². The number of hydrogen-bond donors (Lipinski definition) is 0. The first-order valence-electron chi connectivity index (χ1n) is 6.61. The van der Waals surface area contributed by atoms with Crippen molar-refractivity contribution in [1.29, 1.82) is 0 Å². The maximum atomic E-state index is 14.0. The van der Waals surface area contributed by atoms with Crippen LogP contribution in [0, 0.1) is 11.7 Å². The van der Waals surface area contributed by atoms with E-state index in [1.54, 1.807) is 0 Å². The van der Waals surface area contributed by atoms with Gasteiger partial charge >= 0.3 is 6.36 Å². The van der Waals surface area contributed by atoms with Crippen molar-refractivity contribution < 1.29 is 27.1 Å². The number of amides is 1. The normalized spacial score (nSPS) is 16.9. The molecule has 1 fully saturated rings. The van der Waals surface area contributed by atoms with Gasteiger partial charge in [-0.25, -0.2) is 4.39 Å².